The van der Waals surface area contributed by atoms with E-state index < -0.39 is 12.2 Å². The maximum absolute atomic E-state index is 13.9. The number of hydrogen-bond donors (Lipinski definition) is 1. The minimum Gasteiger partial charge on any atom is -0.333 e. The molecule has 2 aliphatic heterocycles. The summed E-state index contributed by atoms with van der Waals surface area (Å²) in [6.45, 7) is 4.98. The van der Waals surface area contributed by atoms with Crippen LogP contribution in [-0.4, -0.2) is 69.5 Å². The van der Waals surface area contributed by atoms with Crippen LogP contribution >= 0.6 is 11.6 Å². The van der Waals surface area contributed by atoms with Gasteiger partial charge < -0.3 is 15.1 Å². The Balaban J connectivity index is 1.43. The molecule has 0 radical (unpaired) electrons. The number of carbonyl (C=O) groups is 3. The van der Waals surface area contributed by atoms with Crippen molar-refractivity contribution in [2.24, 2.45) is 0 Å². The highest BCUT2D eigenvalue weighted by atomic mass is 35.5. The molecule has 2 aliphatic rings. The number of carbonyl (C=O) groups excluding carboxylic acids is 3. The van der Waals surface area contributed by atoms with Crippen LogP contribution in [0.1, 0.15) is 16.7 Å². The minimum atomic E-state index is -0.698. The molecule has 40 heavy (non-hydrogen) atoms. The van der Waals surface area contributed by atoms with Gasteiger partial charge in [0, 0.05) is 24.5 Å². The molecule has 0 aliphatic carbocycles. The second-order valence-corrected chi connectivity index (χ2v) is 10.4. The Morgan fingerprint density at radius 1 is 0.975 bits per heavy atom. The van der Waals surface area contributed by atoms with Crippen molar-refractivity contribution in [2.75, 3.05) is 19.6 Å². The molecule has 3 aromatic carbocycles. The van der Waals surface area contributed by atoms with Gasteiger partial charge in [0.1, 0.15) is 12.2 Å². The zero-order chi connectivity index (χ0) is 28.1. The van der Waals surface area contributed by atoms with Gasteiger partial charge in [0.2, 0.25) is 11.8 Å². The molecule has 4 amide bonds. The molecular weight excluding hydrogens is 526 g/mol. The number of nitrogens with zero attached hydrogens (tertiary/aromatic N) is 4. The number of hydrazine groups is 1. The van der Waals surface area contributed by atoms with E-state index in [0.717, 1.165) is 16.7 Å². The molecule has 2 saturated heterocycles. The van der Waals surface area contributed by atoms with Crippen LogP contribution in [0, 0.1) is 0 Å². The van der Waals surface area contributed by atoms with Crippen molar-refractivity contribution in [3.8, 4) is 0 Å². The monoisotopic (exact) mass is 557 g/mol. The smallest absolute Gasteiger partial charge is 0.332 e. The summed E-state index contributed by atoms with van der Waals surface area (Å²) < 4.78 is 0. The van der Waals surface area contributed by atoms with Crippen molar-refractivity contribution in [2.45, 2.75) is 31.7 Å². The van der Waals surface area contributed by atoms with E-state index >= 15 is 0 Å². The molecule has 9 heteroatoms. The molecule has 0 unspecified atom stereocenters. The molecule has 0 bridgehead atoms. The Kier molecular flexibility index (Phi) is 8.48. The van der Waals surface area contributed by atoms with E-state index in [4.69, 9.17) is 11.6 Å². The second kappa shape index (κ2) is 12.4. The average molecular weight is 558 g/mol. The zero-order valence-corrected chi connectivity index (χ0v) is 22.9. The summed E-state index contributed by atoms with van der Waals surface area (Å²) >= 11 is 6.23. The van der Waals surface area contributed by atoms with Crippen LogP contribution in [0.15, 0.2) is 97.6 Å². The first kappa shape index (κ1) is 27.4. The van der Waals surface area contributed by atoms with Crippen LogP contribution in [0.5, 0.6) is 0 Å². The molecule has 0 aromatic heterocycles. The molecule has 5 rings (SSSR count). The van der Waals surface area contributed by atoms with E-state index in [1.165, 1.54) is 5.01 Å². The van der Waals surface area contributed by atoms with Gasteiger partial charge >= 0.3 is 6.03 Å². The molecule has 0 saturated carbocycles. The van der Waals surface area contributed by atoms with Crippen molar-refractivity contribution in [1.29, 1.82) is 0 Å². The van der Waals surface area contributed by atoms with Gasteiger partial charge in [0.15, 0.2) is 0 Å². The van der Waals surface area contributed by atoms with Gasteiger partial charge in [-0.3, -0.25) is 14.6 Å². The number of rotatable bonds is 9. The van der Waals surface area contributed by atoms with Gasteiger partial charge in [0.25, 0.3) is 0 Å². The fraction of sp³-hybridized carbons (Fsp3) is 0.258. The highest BCUT2D eigenvalue weighted by Gasteiger charge is 2.52. The summed E-state index contributed by atoms with van der Waals surface area (Å²) in [6, 6.07) is 25.7. The lowest BCUT2D eigenvalue weighted by Gasteiger charge is -2.46. The van der Waals surface area contributed by atoms with Crippen LogP contribution in [0.3, 0.4) is 0 Å². The van der Waals surface area contributed by atoms with Crippen LogP contribution < -0.4 is 5.32 Å². The third kappa shape index (κ3) is 6.03. The Bertz CT molecular complexity index is 1370. The molecule has 2 atom stereocenters. The molecule has 206 valence electrons. The minimum absolute atomic E-state index is 0.0131. The van der Waals surface area contributed by atoms with Crippen LogP contribution in [-0.2, 0) is 29.1 Å². The van der Waals surface area contributed by atoms with Crippen molar-refractivity contribution in [3.05, 3.63) is 119 Å². The molecule has 3 aromatic rings. The van der Waals surface area contributed by atoms with E-state index in [1.54, 1.807) is 27.0 Å². The number of benzene rings is 3. The van der Waals surface area contributed by atoms with Gasteiger partial charge in [-0.05, 0) is 28.8 Å². The van der Waals surface area contributed by atoms with Crippen molar-refractivity contribution >= 4 is 29.4 Å². The Morgan fingerprint density at radius 2 is 1.65 bits per heavy atom. The van der Waals surface area contributed by atoms with Crippen LogP contribution in [0.4, 0.5) is 4.79 Å². The number of fused-ring (bicyclic) bond motifs is 1. The van der Waals surface area contributed by atoms with Crippen molar-refractivity contribution < 1.29 is 14.4 Å². The van der Waals surface area contributed by atoms with Gasteiger partial charge in [0.05, 0.1) is 19.6 Å². The standard InChI is InChI=1S/C31H32ClN5O3/c1-2-16-35(31(40)33-19-24-12-7-4-8-13-24)36-22-29(38)37-27(18-23-10-5-3-6-11-23)30(39)34(21-28(36)37)20-25-14-9-15-26(32)17-25/h2-15,17,27-28H,1,16,18-22H2,(H,33,40)/t27-,28+/m0/s1. The number of amides is 4. The van der Waals surface area contributed by atoms with E-state index in [-0.39, 0.29) is 37.5 Å². The number of piperazine rings is 1. The zero-order valence-electron chi connectivity index (χ0n) is 22.2. The fourth-order valence-electron chi connectivity index (χ4n) is 5.37. The molecule has 8 nitrogen and oxygen atoms in total. The summed E-state index contributed by atoms with van der Waals surface area (Å²) in [5.74, 6) is -0.314. The third-order valence-electron chi connectivity index (χ3n) is 7.23. The third-order valence-corrected chi connectivity index (χ3v) is 7.47. The Labute approximate surface area is 239 Å². The van der Waals surface area contributed by atoms with Gasteiger partial charge in [-0.15, -0.1) is 6.58 Å². The first-order valence-corrected chi connectivity index (χ1v) is 13.7. The van der Waals surface area contributed by atoms with E-state index in [9.17, 15) is 14.4 Å². The Hall–Kier alpha value is -4.14. The molecule has 0 spiro atoms. The molecule has 2 fully saturated rings. The maximum atomic E-state index is 13.9. The number of hydrogen-bond acceptors (Lipinski definition) is 4. The number of halogens is 1. The lowest BCUT2D eigenvalue weighted by molar-refractivity contribution is -0.157. The second-order valence-electron chi connectivity index (χ2n) is 9.95. The largest absolute Gasteiger partial charge is 0.333 e. The number of urea groups is 1. The lowest BCUT2D eigenvalue weighted by atomic mass is 10.00. The summed E-state index contributed by atoms with van der Waals surface area (Å²) in [5, 5.41) is 6.84. The fourth-order valence-corrected chi connectivity index (χ4v) is 5.59. The van der Waals surface area contributed by atoms with E-state index in [0.29, 0.717) is 24.5 Å². The molecular formula is C31H32ClN5O3. The topological polar surface area (TPSA) is 76.2 Å². The summed E-state index contributed by atoms with van der Waals surface area (Å²) in [5.41, 5.74) is 2.82. The first-order chi connectivity index (χ1) is 19.4. The summed E-state index contributed by atoms with van der Waals surface area (Å²) in [6.07, 6.45) is 1.50. The van der Waals surface area contributed by atoms with E-state index in [2.05, 4.69) is 11.9 Å². The lowest BCUT2D eigenvalue weighted by Crippen LogP contribution is -2.66. The van der Waals surface area contributed by atoms with Crippen LogP contribution in [0.25, 0.3) is 0 Å². The predicted octanol–water partition coefficient (Wildman–Crippen LogP) is 4.08. The highest BCUT2D eigenvalue weighted by Crippen LogP contribution is 2.30. The maximum Gasteiger partial charge on any atom is 0.332 e. The Morgan fingerprint density at radius 3 is 2.33 bits per heavy atom. The van der Waals surface area contributed by atoms with Crippen molar-refractivity contribution in [3.63, 3.8) is 0 Å². The first-order valence-electron chi connectivity index (χ1n) is 13.3. The predicted molar refractivity (Wildman–Crippen MR) is 154 cm³/mol. The quantitative estimate of drug-likeness (QED) is 0.402. The number of nitrogens with one attached hydrogen (secondary N) is 1. The van der Waals surface area contributed by atoms with Gasteiger partial charge in [-0.25, -0.2) is 4.79 Å². The normalized spacial score (nSPS) is 18.9. The highest BCUT2D eigenvalue weighted by molar-refractivity contribution is 6.30. The van der Waals surface area contributed by atoms with Gasteiger partial charge in [-0.2, -0.15) is 5.01 Å². The summed E-state index contributed by atoms with van der Waals surface area (Å²) in [4.78, 5) is 44.2. The van der Waals surface area contributed by atoms with Crippen LogP contribution in [0.2, 0.25) is 5.02 Å². The average Bonchev–Trinajstić information content (AvgIpc) is 3.29. The molecule has 1 N–H and O–H groups in total. The van der Waals surface area contributed by atoms with Gasteiger partial charge in [-0.1, -0.05) is 90.5 Å². The van der Waals surface area contributed by atoms with Crippen molar-refractivity contribution in [1.82, 2.24) is 25.1 Å². The SMILES string of the molecule is C=CCN(C(=O)NCc1ccccc1)N1CC(=O)N2[C@@H](Cc3ccccc3)C(=O)N(Cc3cccc(Cl)c3)C[C@@H]21. The summed E-state index contributed by atoms with van der Waals surface area (Å²) in [7, 11) is 0. The van der Waals surface area contributed by atoms with E-state index in [1.807, 2.05) is 78.9 Å². The molecule has 2 heterocycles.